The smallest absolute Gasteiger partial charge is 0.126 e. The molecule has 3 aromatic rings. The SMILES string of the molecule is Cc1cc(Cn2nnc3ccccc32)cnc1N. The van der Waals surface area contributed by atoms with Gasteiger partial charge in [0.15, 0.2) is 0 Å². The first-order valence-corrected chi connectivity index (χ1v) is 5.73. The van der Waals surface area contributed by atoms with Crippen molar-refractivity contribution in [2.75, 3.05) is 5.73 Å². The standard InChI is InChI=1S/C13H13N5/c1-9-6-10(7-15-13(9)14)8-18-12-5-3-2-4-11(12)16-17-18/h2-7H,8H2,1H3,(H2,14,15). The molecule has 2 aromatic heterocycles. The highest BCUT2D eigenvalue weighted by Crippen LogP contribution is 2.14. The van der Waals surface area contributed by atoms with E-state index in [-0.39, 0.29) is 0 Å². The van der Waals surface area contributed by atoms with E-state index in [1.165, 1.54) is 0 Å². The van der Waals surface area contributed by atoms with Crippen LogP contribution in [0.1, 0.15) is 11.1 Å². The van der Waals surface area contributed by atoms with Crippen LogP contribution >= 0.6 is 0 Å². The average molecular weight is 239 g/mol. The van der Waals surface area contributed by atoms with Crippen molar-refractivity contribution >= 4 is 16.9 Å². The highest BCUT2D eigenvalue weighted by molar-refractivity contribution is 5.73. The molecule has 0 aliphatic heterocycles. The van der Waals surface area contributed by atoms with E-state index in [2.05, 4.69) is 15.3 Å². The molecule has 3 rings (SSSR count). The lowest BCUT2D eigenvalue weighted by atomic mass is 10.2. The minimum Gasteiger partial charge on any atom is -0.383 e. The third-order valence-electron chi connectivity index (χ3n) is 2.93. The number of fused-ring (bicyclic) bond motifs is 1. The summed E-state index contributed by atoms with van der Waals surface area (Å²) in [6.45, 7) is 2.60. The first-order valence-electron chi connectivity index (χ1n) is 5.73. The Morgan fingerprint density at radius 2 is 2.11 bits per heavy atom. The summed E-state index contributed by atoms with van der Waals surface area (Å²) in [4.78, 5) is 4.16. The molecule has 0 bridgehead atoms. The Bertz CT molecular complexity index is 701. The van der Waals surface area contributed by atoms with Crippen molar-refractivity contribution in [3.05, 3.63) is 47.7 Å². The normalized spacial score (nSPS) is 10.9. The van der Waals surface area contributed by atoms with Gasteiger partial charge in [0, 0.05) is 6.20 Å². The van der Waals surface area contributed by atoms with Crippen LogP contribution in [0.3, 0.4) is 0 Å². The topological polar surface area (TPSA) is 69.6 Å². The van der Waals surface area contributed by atoms with Crippen molar-refractivity contribution in [1.82, 2.24) is 20.0 Å². The summed E-state index contributed by atoms with van der Waals surface area (Å²) < 4.78 is 1.86. The van der Waals surface area contributed by atoms with Crippen molar-refractivity contribution in [1.29, 1.82) is 0 Å². The third kappa shape index (κ3) is 1.79. The molecule has 5 nitrogen and oxygen atoms in total. The molecule has 0 radical (unpaired) electrons. The fraction of sp³-hybridized carbons (Fsp3) is 0.154. The van der Waals surface area contributed by atoms with Crippen LogP contribution in [0.4, 0.5) is 5.82 Å². The zero-order valence-corrected chi connectivity index (χ0v) is 10.0. The van der Waals surface area contributed by atoms with E-state index < -0.39 is 0 Å². The Labute approximate surface area is 104 Å². The van der Waals surface area contributed by atoms with E-state index in [9.17, 15) is 0 Å². The van der Waals surface area contributed by atoms with Gasteiger partial charge in [-0.2, -0.15) is 0 Å². The quantitative estimate of drug-likeness (QED) is 0.739. The maximum absolute atomic E-state index is 5.71. The lowest BCUT2D eigenvalue weighted by molar-refractivity contribution is 0.668. The molecule has 0 spiro atoms. The number of pyridine rings is 1. The molecule has 0 unspecified atom stereocenters. The first kappa shape index (κ1) is 10.7. The molecule has 0 saturated heterocycles. The molecule has 5 heteroatoms. The fourth-order valence-electron chi connectivity index (χ4n) is 1.94. The molecule has 2 N–H and O–H groups in total. The van der Waals surface area contributed by atoms with Gasteiger partial charge >= 0.3 is 0 Å². The molecule has 0 saturated carbocycles. The van der Waals surface area contributed by atoms with Crippen molar-refractivity contribution in [2.45, 2.75) is 13.5 Å². The number of benzene rings is 1. The monoisotopic (exact) mass is 239 g/mol. The number of nitrogens with zero attached hydrogens (tertiary/aromatic N) is 4. The van der Waals surface area contributed by atoms with Crippen molar-refractivity contribution in [3.8, 4) is 0 Å². The summed E-state index contributed by atoms with van der Waals surface area (Å²) in [7, 11) is 0. The van der Waals surface area contributed by atoms with Crippen LogP contribution < -0.4 is 5.73 Å². The molecular weight excluding hydrogens is 226 g/mol. The highest BCUT2D eigenvalue weighted by atomic mass is 15.4. The summed E-state index contributed by atoms with van der Waals surface area (Å²) >= 11 is 0. The minimum absolute atomic E-state index is 0.571. The number of nitrogens with two attached hydrogens (primary N) is 1. The van der Waals surface area contributed by atoms with Gasteiger partial charge in [-0.3, -0.25) is 0 Å². The summed E-state index contributed by atoms with van der Waals surface area (Å²) in [6, 6.07) is 9.92. The van der Waals surface area contributed by atoms with Crippen LogP contribution in [-0.4, -0.2) is 20.0 Å². The van der Waals surface area contributed by atoms with Gasteiger partial charge in [0.05, 0.1) is 12.1 Å². The van der Waals surface area contributed by atoms with Crippen molar-refractivity contribution in [3.63, 3.8) is 0 Å². The van der Waals surface area contributed by atoms with Gasteiger partial charge in [0.2, 0.25) is 0 Å². The maximum atomic E-state index is 5.71. The molecule has 0 atom stereocenters. The van der Waals surface area contributed by atoms with E-state index in [0.29, 0.717) is 12.4 Å². The third-order valence-corrected chi connectivity index (χ3v) is 2.93. The Hall–Kier alpha value is -2.43. The minimum atomic E-state index is 0.571. The Morgan fingerprint density at radius 3 is 2.94 bits per heavy atom. The summed E-state index contributed by atoms with van der Waals surface area (Å²) in [6.07, 6.45) is 1.78. The molecular formula is C13H13N5. The van der Waals surface area contributed by atoms with E-state index in [0.717, 1.165) is 22.2 Å². The summed E-state index contributed by atoms with van der Waals surface area (Å²) in [5, 5.41) is 8.27. The van der Waals surface area contributed by atoms with Crippen molar-refractivity contribution in [2.24, 2.45) is 0 Å². The molecule has 1 aromatic carbocycles. The number of rotatable bonds is 2. The number of hydrogen-bond acceptors (Lipinski definition) is 4. The second-order valence-electron chi connectivity index (χ2n) is 4.28. The molecule has 0 aliphatic rings. The van der Waals surface area contributed by atoms with Crippen LogP contribution in [-0.2, 0) is 6.54 Å². The molecule has 0 aliphatic carbocycles. The van der Waals surface area contributed by atoms with Gasteiger partial charge in [-0.05, 0) is 36.2 Å². The summed E-state index contributed by atoms with van der Waals surface area (Å²) in [5.41, 5.74) is 9.68. The van der Waals surface area contributed by atoms with Gasteiger partial charge in [0.25, 0.3) is 0 Å². The van der Waals surface area contributed by atoms with E-state index >= 15 is 0 Å². The Morgan fingerprint density at radius 1 is 1.28 bits per heavy atom. The zero-order valence-electron chi connectivity index (χ0n) is 10.0. The van der Waals surface area contributed by atoms with Gasteiger partial charge in [-0.25, -0.2) is 9.67 Å². The number of nitrogen functional groups attached to an aromatic ring is 1. The number of hydrogen-bond donors (Lipinski definition) is 1. The summed E-state index contributed by atoms with van der Waals surface area (Å²) in [5.74, 6) is 0.571. The predicted molar refractivity (Wildman–Crippen MR) is 70.0 cm³/mol. The Kier molecular flexibility index (Phi) is 2.44. The molecule has 90 valence electrons. The van der Waals surface area contributed by atoms with Crippen LogP contribution in [0.15, 0.2) is 36.5 Å². The average Bonchev–Trinajstić information content (AvgIpc) is 2.78. The number of para-hydroxylation sites is 1. The van der Waals surface area contributed by atoms with Crippen molar-refractivity contribution < 1.29 is 0 Å². The number of anilines is 1. The maximum Gasteiger partial charge on any atom is 0.126 e. The van der Waals surface area contributed by atoms with E-state index in [1.807, 2.05) is 41.9 Å². The highest BCUT2D eigenvalue weighted by Gasteiger charge is 2.05. The number of aryl methyl sites for hydroxylation is 1. The largest absolute Gasteiger partial charge is 0.383 e. The molecule has 18 heavy (non-hydrogen) atoms. The van der Waals surface area contributed by atoms with Crippen LogP contribution in [0, 0.1) is 6.92 Å². The van der Waals surface area contributed by atoms with E-state index in [1.54, 1.807) is 6.20 Å². The van der Waals surface area contributed by atoms with Gasteiger partial charge < -0.3 is 5.73 Å². The van der Waals surface area contributed by atoms with Gasteiger partial charge in [-0.15, -0.1) is 5.10 Å². The zero-order chi connectivity index (χ0) is 12.5. The van der Waals surface area contributed by atoms with Gasteiger partial charge in [0.1, 0.15) is 11.3 Å². The van der Waals surface area contributed by atoms with Crippen LogP contribution in [0.5, 0.6) is 0 Å². The van der Waals surface area contributed by atoms with Gasteiger partial charge in [-0.1, -0.05) is 17.3 Å². The molecule has 0 amide bonds. The first-order chi connectivity index (χ1) is 8.74. The predicted octanol–water partition coefficient (Wildman–Crippen LogP) is 1.77. The second-order valence-corrected chi connectivity index (χ2v) is 4.28. The van der Waals surface area contributed by atoms with Crippen LogP contribution in [0.25, 0.3) is 11.0 Å². The molecule has 2 heterocycles. The van der Waals surface area contributed by atoms with Crippen LogP contribution in [0.2, 0.25) is 0 Å². The van der Waals surface area contributed by atoms with E-state index in [4.69, 9.17) is 5.73 Å². The number of aromatic nitrogens is 4. The Balaban J connectivity index is 1.98. The second kappa shape index (κ2) is 4.10. The molecule has 0 fully saturated rings. The lowest BCUT2D eigenvalue weighted by Crippen LogP contribution is -2.04. The lowest BCUT2D eigenvalue weighted by Gasteiger charge is -2.05. The fourth-order valence-corrected chi connectivity index (χ4v) is 1.94.